The maximum Gasteiger partial charge on any atom is 0.387 e. The molecule has 1 aliphatic rings. The zero-order chi connectivity index (χ0) is 19.9. The number of alkyl halides is 2. The Morgan fingerprint density at radius 2 is 2.11 bits per heavy atom. The summed E-state index contributed by atoms with van der Waals surface area (Å²) in [7, 11) is 0. The molecule has 150 valence electrons. The molecule has 2 amide bonds. The minimum absolute atomic E-state index is 0.0289. The van der Waals surface area contributed by atoms with Gasteiger partial charge in [-0.25, -0.2) is 0 Å². The van der Waals surface area contributed by atoms with Crippen LogP contribution in [0.1, 0.15) is 29.6 Å². The molecule has 0 saturated carbocycles. The van der Waals surface area contributed by atoms with Gasteiger partial charge >= 0.3 is 6.61 Å². The monoisotopic (exact) mass is 392 g/mol. The minimum atomic E-state index is -3.03. The number of aryl methyl sites for hydroxylation is 1. The van der Waals surface area contributed by atoms with Gasteiger partial charge in [-0.15, -0.1) is 0 Å². The number of hydrogen-bond acceptors (Lipinski definition) is 4. The lowest BCUT2D eigenvalue weighted by Crippen LogP contribution is -2.46. The fourth-order valence-electron chi connectivity index (χ4n) is 3.28. The average molecular weight is 392 g/mol. The summed E-state index contributed by atoms with van der Waals surface area (Å²) in [4.78, 5) is 26.8. The van der Waals surface area contributed by atoms with Crippen molar-refractivity contribution in [2.24, 2.45) is 0 Å². The van der Waals surface area contributed by atoms with Crippen molar-refractivity contribution in [1.29, 1.82) is 0 Å². The molecule has 0 unspecified atom stereocenters. The predicted molar refractivity (Wildman–Crippen MR) is 97.0 cm³/mol. The third-order valence-corrected chi connectivity index (χ3v) is 4.57. The number of amides is 2. The van der Waals surface area contributed by atoms with Gasteiger partial charge in [-0.2, -0.15) is 13.9 Å². The van der Waals surface area contributed by atoms with Crippen molar-refractivity contribution in [3.63, 3.8) is 0 Å². The number of hydrogen-bond donors (Lipinski definition) is 1. The molecule has 28 heavy (non-hydrogen) atoms. The van der Waals surface area contributed by atoms with E-state index in [-0.39, 0.29) is 17.2 Å². The predicted octanol–water partition coefficient (Wildman–Crippen LogP) is 2.30. The van der Waals surface area contributed by atoms with E-state index >= 15 is 0 Å². The Bertz CT molecular complexity index is 798. The normalized spacial score (nSPS) is 16.4. The topological polar surface area (TPSA) is 76.5 Å². The number of ether oxygens (including phenoxy) is 1. The van der Waals surface area contributed by atoms with Gasteiger partial charge in [0.15, 0.2) is 0 Å². The van der Waals surface area contributed by atoms with E-state index in [9.17, 15) is 18.4 Å². The lowest BCUT2D eigenvalue weighted by molar-refractivity contribution is -0.124. The Labute approximate surface area is 161 Å². The van der Waals surface area contributed by atoms with Crippen LogP contribution in [-0.2, 0) is 11.3 Å². The van der Waals surface area contributed by atoms with E-state index < -0.39 is 18.6 Å². The summed E-state index contributed by atoms with van der Waals surface area (Å²) < 4.78 is 31.4. The number of para-hydroxylation sites is 1. The van der Waals surface area contributed by atoms with Crippen LogP contribution in [0.3, 0.4) is 0 Å². The van der Waals surface area contributed by atoms with Gasteiger partial charge in [0, 0.05) is 32.0 Å². The summed E-state index contributed by atoms with van der Waals surface area (Å²) in [5.41, 5.74) is 0.0289. The van der Waals surface area contributed by atoms with Crippen LogP contribution in [-0.4, -0.2) is 52.2 Å². The maximum atomic E-state index is 12.9. The standard InChI is InChI=1S/C19H22F2N4O3/c20-19(21)28-16-8-2-1-6-14(16)18(27)25-13-3-7-15(25)17(26)22-9-4-11-24-12-5-10-23-24/h1-2,5-6,8,10,12,15,19H,3-4,7,9,11,13H2,(H,22,26)/t15-/m0/s1. The molecule has 0 spiro atoms. The van der Waals surface area contributed by atoms with Gasteiger partial charge in [-0.1, -0.05) is 12.1 Å². The van der Waals surface area contributed by atoms with Gasteiger partial charge in [0.1, 0.15) is 11.8 Å². The zero-order valence-electron chi connectivity index (χ0n) is 15.3. The number of nitrogens with zero attached hydrogens (tertiary/aromatic N) is 3. The zero-order valence-corrected chi connectivity index (χ0v) is 15.3. The number of likely N-dealkylation sites (tertiary alicyclic amines) is 1. The van der Waals surface area contributed by atoms with E-state index in [1.165, 1.54) is 23.1 Å². The van der Waals surface area contributed by atoms with Gasteiger partial charge in [0.25, 0.3) is 5.91 Å². The van der Waals surface area contributed by atoms with Crippen molar-refractivity contribution >= 4 is 11.8 Å². The number of carbonyl (C=O) groups excluding carboxylic acids is 2. The summed E-state index contributed by atoms with van der Waals surface area (Å²) in [6.45, 7) is -1.49. The van der Waals surface area contributed by atoms with Crippen molar-refractivity contribution in [2.75, 3.05) is 13.1 Å². The van der Waals surface area contributed by atoms with E-state index in [1.807, 2.05) is 12.3 Å². The molecule has 1 aliphatic heterocycles. The van der Waals surface area contributed by atoms with Crippen LogP contribution >= 0.6 is 0 Å². The summed E-state index contributed by atoms with van der Waals surface area (Å²) >= 11 is 0. The first-order valence-corrected chi connectivity index (χ1v) is 9.16. The molecule has 1 atom stereocenters. The van der Waals surface area contributed by atoms with E-state index in [0.29, 0.717) is 38.9 Å². The van der Waals surface area contributed by atoms with Gasteiger partial charge in [-0.3, -0.25) is 14.3 Å². The first-order valence-electron chi connectivity index (χ1n) is 9.16. The van der Waals surface area contributed by atoms with Crippen LogP contribution in [0.4, 0.5) is 8.78 Å². The summed E-state index contributed by atoms with van der Waals surface area (Å²) in [5.74, 6) is -0.906. The summed E-state index contributed by atoms with van der Waals surface area (Å²) in [6.07, 6.45) is 5.46. The van der Waals surface area contributed by atoms with Gasteiger partial charge < -0.3 is 15.0 Å². The minimum Gasteiger partial charge on any atom is -0.434 e. The molecule has 0 aliphatic carbocycles. The SMILES string of the molecule is O=C(NCCCn1cccn1)[C@@H]1CCCN1C(=O)c1ccccc1OC(F)F. The molecule has 1 aromatic heterocycles. The number of halogens is 2. The number of aromatic nitrogens is 2. The highest BCUT2D eigenvalue weighted by molar-refractivity contribution is 6.00. The maximum absolute atomic E-state index is 12.9. The largest absolute Gasteiger partial charge is 0.434 e. The Hall–Kier alpha value is -2.97. The first kappa shape index (κ1) is 19.8. The Morgan fingerprint density at radius 3 is 2.86 bits per heavy atom. The average Bonchev–Trinajstić information content (AvgIpc) is 3.36. The molecule has 0 bridgehead atoms. The molecular weight excluding hydrogens is 370 g/mol. The molecule has 9 heteroatoms. The molecule has 2 aromatic rings. The third-order valence-electron chi connectivity index (χ3n) is 4.57. The highest BCUT2D eigenvalue weighted by Crippen LogP contribution is 2.26. The van der Waals surface area contributed by atoms with Gasteiger partial charge in [-0.05, 0) is 37.5 Å². The molecule has 3 rings (SSSR count). The number of rotatable bonds is 8. The Balaban J connectivity index is 1.59. The summed E-state index contributed by atoms with van der Waals surface area (Å²) in [6, 6.07) is 7.05. The molecule has 1 aromatic carbocycles. The fraction of sp³-hybridized carbons (Fsp3) is 0.421. The van der Waals surface area contributed by atoms with Crippen molar-refractivity contribution in [2.45, 2.75) is 38.5 Å². The molecule has 1 saturated heterocycles. The van der Waals surface area contributed by atoms with E-state index in [1.54, 1.807) is 16.9 Å². The molecular formula is C19H22F2N4O3. The number of benzene rings is 1. The molecule has 1 fully saturated rings. The highest BCUT2D eigenvalue weighted by atomic mass is 19.3. The molecule has 7 nitrogen and oxygen atoms in total. The second-order valence-electron chi connectivity index (χ2n) is 6.44. The van der Waals surface area contributed by atoms with Crippen molar-refractivity contribution in [1.82, 2.24) is 20.0 Å². The van der Waals surface area contributed by atoms with Gasteiger partial charge in [0.2, 0.25) is 5.91 Å². The molecule has 2 heterocycles. The second kappa shape index (κ2) is 9.29. The number of nitrogens with one attached hydrogen (secondary N) is 1. The summed E-state index contributed by atoms with van der Waals surface area (Å²) in [5, 5.41) is 6.94. The molecule has 0 radical (unpaired) electrons. The van der Waals surface area contributed by atoms with Crippen molar-refractivity contribution < 1.29 is 23.1 Å². The van der Waals surface area contributed by atoms with E-state index in [0.717, 1.165) is 0 Å². The van der Waals surface area contributed by atoms with Crippen LogP contribution in [0.2, 0.25) is 0 Å². The quantitative estimate of drug-likeness (QED) is 0.700. The number of carbonyl (C=O) groups is 2. The Morgan fingerprint density at radius 1 is 1.29 bits per heavy atom. The highest BCUT2D eigenvalue weighted by Gasteiger charge is 2.35. The van der Waals surface area contributed by atoms with Crippen LogP contribution in [0.15, 0.2) is 42.7 Å². The van der Waals surface area contributed by atoms with Gasteiger partial charge in [0.05, 0.1) is 5.56 Å². The lowest BCUT2D eigenvalue weighted by atomic mass is 10.1. The van der Waals surface area contributed by atoms with Crippen LogP contribution in [0, 0.1) is 0 Å². The van der Waals surface area contributed by atoms with Crippen LogP contribution in [0.5, 0.6) is 5.75 Å². The molecule has 1 N–H and O–H groups in total. The van der Waals surface area contributed by atoms with Crippen molar-refractivity contribution in [3.8, 4) is 5.75 Å². The fourth-order valence-corrected chi connectivity index (χ4v) is 3.28. The first-order chi connectivity index (χ1) is 13.6. The smallest absolute Gasteiger partial charge is 0.387 e. The second-order valence-corrected chi connectivity index (χ2v) is 6.44. The van der Waals surface area contributed by atoms with E-state index in [2.05, 4.69) is 15.2 Å². The van der Waals surface area contributed by atoms with Crippen molar-refractivity contribution in [3.05, 3.63) is 48.3 Å². The third kappa shape index (κ3) is 4.85. The lowest BCUT2D eigenvalue weighted by Gasteiger charge is -2.25. The van der Waals surface area contributed by atoms with E-state index in [4.69, 9.17) is 0 Å². The van der Waals surface area contributed by atoms with Crippen LogP contribution < -0.4 is 10.1 Å². The Kier molecular flexibility index (Phi) is 6.57. The van der Waals surface area contributed by atoms with Crippen LogP contribution in [0.25, 0.3) is 0 Å².